The zero-order chi connectivity index (χ0) is 15.8. The first-order valence-corrected chi connectivity index (χ1v) is 7.48. The third kappa shape index (κ3) is 5.40. The van der Waals surface area contributed by atoms with Crippen LogP contribution in [-0.4, -0.2) is 44.7 Å². The van der Waals surface area contributed by atoms with Crippen LogP contribution in [0.1, 0.15) is 32.3 Å². The van der Waals surface area contributed by atoms with Crippen LogP contribution in [0.5, 0.6) is 0 Å². The van der Waals surface area contributed by atoms with Gasteiger partial charge in [0.25, 0.3) is 0 Å². The van der Waals surface area contributed by atoms with Crippen LogP contribution in [0, 0.1) is 0 Å². The molecule has 2 N–H and O–H groups in total. The van der Waals surface area contributed by atoms with Crippen molar-refractivity contribution in [3.05, 3.63) is 35.9 Å². The molecule has 0 aliphatic heterocycles. The summed E-state index contributed by atoms with van der Waals surface area (Å²) in [7, 11) is 3.59. The van der Waals surface area contributed by atoms with Gasteiger partial charge in [-0.25, -0.2) is 0 Å². The number of ether oxygens (including phenoxy) is 2. The second kappa shape index (κ2) is 8.49. The van der Waals surface area contributed by atoms with Crippen molar-refractivity contribution in [2.24, 2.45) is 0 Å². The summed E-state index contributed by atoms with van der Waals surface area (Å²) in [6.07, 6.45) is 1.57. The highest BCUT2D eigenvalue weighted by Crippen LogP contribution is 2.24. The zero-order valence-corrected chi connectivity index (χ0v) is 13.7. The predicted molar refractivity (Wildman–Crippen MR) is 85.4 cm³/mol. The topological polar surface area (TPSA) is 50.7 Å². The third-order valence-electron chi connectivity index (χ3n) is 4.15. The molecular weight excluding hydrogens is 266 g/mol. The van der Waals surface area contributed by atoms with E-state index in [0.29, 0.717) is 13.2 Å². The summed E-state index contributed by atoms with van der Waals surface area (Å²) in [6, 6.07) is 10.0. The number of rotatable bonds is 10. The van der Waals surface area contributed by atoms with E-state index in [1.807, 2.05) is 51.2 Å². The second-order valence-electron chi connectivity index (χ2n) is 5.93. The van der Waals surface area contributed by atoms with E-state index in [1.54, 1.807) is 7.11 Å². The zero-order valence-electron chi connectivity index (χ0n) is 13.7. The van der Waals surface area contributed by atoms with Gasteiger partial charge in [-0.2, -0.15) is 0 Å². The summed E-state index contributed by atoms with van der Waals surface area (Å²) in [5.74, 6) is 0. The molecule has 1 aromatic carbocycles. The normalized spacial score (nSPS) is 14.9. The number of aliphatic hydroxyl groups excluding tert-OH is 1. The number of likely N-dealkylation sites (N-methyl/N-ethyl adjacent to an activating group) is 1. The van der Waals surface area contributed by atoms with Crippen LogP contribution >= 0.6 is 0 Å². The van der Waals surface area contributed by atoms with Crippen molar-refractivity contribution >= 4 is 0 Å². The van der Waals surface area contributed by atoms with Gasteiger partial charge in [0.05, 0.1) is 17.7 Å². The van der Waals surface area contributed by atoms with Crippen LogP contribution in [0.25, 0.3) is 0 Å². The lowest BCUT2D eigenvalue weighted by Gasteiger charge is -2.32. The van der Waals surface area contributed by atoms with Gasteiger partial charge in [0.2, 0.25) is 0 Å². The van der Waals surface area contributed by atoms with E-state index in [2.05, 4.69) is 5.32 Å². The van der Waals surface area contributed by atoms with E-state index in [4.69, 9.17) is 9.47 Å². The van der Waals surface area contributed by atoms with Gasteiger partial charge in [-0.05, 0) is 39.3 Å². The number of nitrogens with one attached hydrogen (secondary N) is 1. The van der Waals surface area contributed by atoms with Crippen molar-refractivity contribution in [3.63, 3.8) is 0 Å². The lowest BCUT2D eigenvalue weighted by Crippen LogP contribution is -2.44. The van der Waals surface area contributed by atoms with E-state index in [1.165, 1.54) is 0 Å². The highest BCUT2D eigenvalue weighted by atomic mass is 16.5. The fourth-order valence-corrected chi connectivity index (χ4v) is 2.19. The standard InChI is InChI=1S/C17H29NO3/c1-16(2,20-4)10-12-21-13-11-17(14-19,18-3)15-8-6-5-7-9-15/h5-9,18-19H,10-14H2,1-4H3. The molecule has 4 heteroatoms. The quantitative estimate of drug-likeness (QED) is 0.650. The summed E-state index contributed by atoms with van der Waals surface area (Å²) in [5, 5.41) is 13.1. The molecule has 0 radical (unpaired) electrons. The highest BCUT2D eigenvalue weighted by molar-refractivity contribution is 5.24. The molecule has 0 aliphatic carbocycles. The van der Waals surface area contributed by atoms with Gasteiger partial charge in [0, 0.05) is 20.3 Å². The van der Waals surface area contributed by atoms with Crippen LogP contribution < -0.4 is 5.32 Å². The molecule has 0 aromatic heterocycles. The molecule has 120 valence electrons. The van der Waals surface area contributed by atoms with Gasteiger partial charge in [-0.15, -0.1) is 0 Å². The Balaban J connectivity index is 2.50. The van der Waals surface area contributed by atoms with Crippen molar-refractivity contribution in [2.45, 2.75) is 37.8 Å². The highest BCUT2D eigenvalue weighted by Gasteiger charge is 2.29. The fourth-order valence-electron chi connectivity index (χ4n) is 2.19. The summed E-state index contributed by atoms with van der Waals surface area (Å²) < 4.78 is 11.1. The van der Waals surface area contributed by atoms with Gasteiger partial charge < -0.3 is 19.9 Å². The summed E-state index contributed by atoms with van der Waals surface area (Å²) in [6.45, 7) is 5.38. The van der Waals surface area contributed by atoms with E-state index in [0.717, 1.165) is 18.4 Å². The maximum absolute atomic E-state index is 9.82. The Bertz CT molecular complexity index is 388. The van der Waals surface area contributed by atoms with Crippen molar-refractivity contribution in [3.8, 4) is 0 Å². The molecule has 1 unspecified atom stereocenters. The molecule has 0 saturated carbocycles. The predicted octanol–water partition coefficient (Wildman–Crippen LogP) is 2.32. The van der Waals surface area contributed by atoms with Gasteiger partial charge in [-0.3, -0.25) is 0 Å². The number of methoxy groups -OCH3 is 1. The Labute approximate surface area is 128 Å². The number of hydrogen-bond donors (Lipinski definition) is 2. The molecule has 1 atom stereocenters. The Morgan fingerprint density at radius 3 is 2.24 bits per heavy atom. The maximum Gasteiger partial charge on any atom is 0.0688 e. The molecule has 4 nitrogen and oxygen atoms in total. The molecule has 1 aromatic rings. The summed E-state index contributed by atoms with van der Waals surface area (Å²) in [4.78, 5) is 0. The summed E-state index contributed by atoms with van der Waals surface area (Å²) >= 11 is 0. The Morgan fingerprint density at radius 2 is 1.71 bits per heavy atom. The molecular formula is C17H29NO3. The van der Waals surface area contributed by atoms with Gasteiger partial charge >= 0.3 is 0 Å². The molecule has 0 heterocycles. The average molecular weight is 295 g/mol. The van der Waals surface area contributed by atoms with Crippen LogP contribution in [0.15, 0.2) is 30.3 Å². The fraction of sp³-hybridized carbons (Fsp3) is 0.647. The molecule has 0 amide bonds. The van der Waals surface area contributed by atoms with Crippen LogP contribution in [0.2, 0.25) is 0 Å². The Kier molecular flexibility index (Phi) is 7.32. The van der Waals surface area contributed by atoms with E-state index in [9.17, 15) is 5.11 Å². The molecule has 0 fully saturated rings. The average Bonchev–Trinajstić information content (AvgIpc) is 2.52. The van der Waals surface area contributed by atoms with E-state index in [-0.39, 0.29) is 12.2 Å². The van der Waals surface area contributed by atoms with E-state index < -0.39 is 5.54 Å². The lowest BCUT2D eigenvalue weighted by atomic mass is 9.88. The number of aliphatic hydroxyl groups is 1. The molecule has 0 aliphatic rings. The first-order chi connectivity index (χ1) is 9.99. The SMILES string of the molecule is CNC(CO)(CCOCCC(C)(C)OC)c1ccccc1. The molecule has 0 saturated heterocycles. The van der Waals surface area contributed by atoms with Crippen molar-refractivity contribution in [1.29, 1.82) is 0 Å². The Morgan fingerprint density at radius 1 is 1.10 bits per heavy atom. The van der Waals surface area contributed by atoms with Crippen molar-refractivity contribution in [2.75, 3.05) is 34.0 Å². The van der Waals surface area contributed by atoms with Crippen LogP contribution in [0.3, 0.4) is 0 Å². The van der Waals surface area contributed by atoms with Crippen molar-refractivity contribution < 1.29 is 14.6 Å². The lowest BCUT2D eigenvalue weighted by molar-refractivity contribution is -0.0135. The first kappa shape index (κ1) is 18.1. The van der Waals surface area contributed by atoms with Crippen LogP contribution in [0.4, 0.5) is 0 Å². The minimum Gasteiger partial charge on any atom is -0.394 e. The first-order valence-electron chi connectivity index (χ1n) is 7.48. The molecule has 1 rings (SSSR count). The number of hydrogen-bond acceptors (Lipinski definition) is 4. The molecule has 0 spiro atoms. The van der Waals surface area contributed by atoms with E-state index >= 15 is 0 Å². The molecule has 0 bridgehead atoms. The smallest absolute Gasteiger partial charge is 0.0688 e. The summed E-state index contributed by atoms with van der Waals surface area (Å²) in [5.41, 5.74) is 0.477. The van der Waals surface area contributed by atoms with Crippen LogP contribution in [-0.2, 0) is 15.0 Å². The monoisotopic (exact) mass is 295 g/mol. The van der Waals surface area contributed by atoms with Gasteiger partial charge in [0.15, 0.2) is 0 Å². The largest absolute Gasteiger partial charge is 0.394 e. The third-order valence-corrected chi connectivity index (χ3v) is 4.15. The maximum atomic E-state index is 9.82. The van der Waals surface area contributed by atoms with Gasteiger partial charge in [-0.1, -0.05) is 30.3 Å². The molecule has 21 heavy (non-hydrogen) atoms. The Hall–Kier alpha value is -0.940. The van der Waals surface area contributed by atoms with Gasteiger partial charge in [0.1, 0.15) is 0 Å². The minimum atomic E-state index is -0.446. The van der Waals surface area contributed by atoms with Crippen molar-refractivity contribution in [1.82, 2.24) is 5.32 Å². The number of benzene rings is 1. The second-order valence-corrected chi connectivity index (χ2v) is 5.93. The minimum absolute atomic E-state index is 0.0421.